The number of amides is 1. The molecule has 2 N–H and O–H groups in total. The topological polar surface area (TPSA) is 57.5 Å². The van der Waals surface area contributed by atoms with Crippen molar-refractivity contribution in [3.05, 3.63) is 95.9 Å². The van der Waals surface area contributed by atoms with Crippen LogP contribution in [0, 0.1) is 0 Å². The molecule has 0 saturated carbocycles. The number of hydrogen-bond donors (Lipinski definition) is 2. The standard InChI is InChI=1S/C22H23N3O2/c26-22(21-14-20(23-24-21)18-10-5-2-6-11-18)25(16-19-12-7-13-27-19)15-17-8-3-1-4-9-17/h1-13,20-21,23-24H,14-16H2. The van der Waals surface area contributed by atoms with Crippen LogP contribution in [0.2, 0.25) is 0 Å². The zero-order chi connectivity index (χ0) is 18.5. The first-order valence-corrected chi connectivity index (χ1v) is 9.21. The van der Waals surface area contributed by atoms with Crippen LogP contribution >= 0.6 is 0 Å². The first kappa shape index (κ1) is 17.5. The lowest BCUT2D eigenvalue weighted by atomic mass is 10.0. The summed E-state index contributed by atoms with van der Waals surface area (Å²) in [5.41, 5.74) is 8.72. The van der Waals surface area contributed by atoms with Gasteiger partial charge in [-0.25, -0.2) is 10.9 Å². The fourth-order valence-corrected chi connectivity index (χ4v) is 3.45. The molecule has 2 heterocycles. The Bertz CT molecular complexity index is 850. The summed E-state index contributed by atoms with van der Waals surface area (Å²) >= 11 is 0. The third kappa shape index (κ3) is 4.27. The van der Waals surface area contributed by atoms with Gasteiger partial charge in [0.25, 0.3) is 0 Å². The van der Waals surface area contributed by atoms with Crippen molar-refractivity contribution in [1.82, 2.24) is 15.8 Å². The summed E-state index contributed by atoms with van der Waals surface area (Å²) in [6.45, 7) is 1.00. The van der Waals surface area contributed by atoms with E-state index in [1.165, 1.54) is 5.56 Å². The summed E-state index contributed by atoms with van der Waals surface area (Å²) in [4.78, 5) is 15.1. The Morgan fingerprint density at radius 3 is 2.37 bits per heavy atom. The average Bonchev–Trinajstić information content (AvgIpc) is 3.41. The zero-order valence-electron chi connectivity index (χ0n) is 15.0. The molecule has 5 nitrogen and oxygen atoms in total. The molecule has 1 aromatic heterocycles. The van der Waals surface area contributed by atoms with Crippen molar-refractivity contribution >= 4 is 5.91 Å². The van der Waals surface area contributed by atoms with E-state index in [9.17, 15) is 4.79 Å². The Kier molecular flexibility index (Phi) is 5.32. The van der Waals surface area contributed by atoms with Crippen molar-refractivity contribution in [2.24, 2.45) is 0 Å². The van der Waals surface area contributed by atoms with Gasteiger partial charge in [-0.15, -0.1) is 0 Å². The Morgan fingerprint density at radius 1 is 0.926 bits per heavy atom. The van der Waals surface area contributed by atoms with Crippen LogP contribution in [0.15, 0.2) is 83.5 Å². The van der Waals surface area contributed by atoms with Gasteiger partial charge in [-0.05, 0) is 29.7 Å². The lowest BCUT2D eigenvalue weighted by Gasteiger charge is -2.25. The van der Waals surface area contributed by atoms with Gasteiger partial charge in [-0.1, -0.05) is 60.7 Å². The molecule has 1 fully saturated rings. The average molecular weight is 361 g/mol. The highest BCUT2D eigenvalue weighted by molar-refractivity contribution is 5.82. The lowest BCUT2D eigenvalue weighted by Crippen LogP contribution is -2.45. The molecule has 1 saturated heterocycles. The molecule has 1 amide bonds. The number of nitrogens with zero attached hydrogens (tertiary/aromatic N) is 1. The van der Waals surface area contributed by atoms with E-state index in [1.807, 2.05) is 65.6 Å². The van der Waals surface area contributed by atoms with Crippen molar-refractivity contribution in [2.75, 3.05) is 0 Å². The van der Waals surface area contributed by atoms with Crippen LogP contribution in [-0.4, -0.2) is 16.8 Å². The van der Waals surface area contributed by atoms with Gasteiger partial charge in [0.1, 0.15) is 11.8 Å². The second kappa shape index (κ2) is 8.20. The maximum atomic E-state index is 13.2. The smallest absolute Gasteiger partial charge is 0.241 e. The molecule has 4 rings (SSSR count). The quantitative estimate of drug-likeness (QED) is 0.706. The van der Waals surface area contributed by atoms with Crippen LogP contribution in [0.1, 0.15) is 29.3 Å². The monoisotopic (exact) mass is 361 g/mol. The molecule has 3 aromatic rings. The van der Waals surface area contributed by atoms with Crippen molar-refractivity contribution < 1.29 is 9.21 Å². The molecule has 2 unspecified atom stereocenters. The highest BCUT2D eigenvalue weighted by Crippen LogP contribution is 2.24. The minimum atomic E-state index is -0.270. The van der Waals surface area contributed by atoms with Crippen molar-refractivity contribution in [2.45, 2.75) is 31.6 Å². The van der Waals surface area contributed by atoms with E-state index >= 15 is 0 Å². The van der Waals surface area contributed by atoms with Crippen LogP contribution in [0.3, 0.4) is 0 Å². The number of rotatable bonds is 6. The Hall–Kier alpha value is -2.89. The van der Waals surface area contributed by atoms with Gasteiger partial charge in [0.05, 0.1) is 12.8 Å². The number of benzene rings is 2. The summed E-state index contributed by atoms with van der Waals surface area (Å²) in [5, 5.41) is 0. The molecular formula is C22H23N3O2. The lowest BCUT2D eigenvalue weighted by molar-refractivity contribution is -0.134. The van der Waals surface area contributed by atoms with E-state index in [4.69, 9.17) is 4.42 Å². The van der Waals surface area contributed by atoms with Gasteiger partial charge in [-0.2, -0.15) is 0 Å². The minimum Gasteiger partial charge on any atom is -0.467 e. The van der Waals surface area contributed by atoms with Gasteiger partial charge >= 0.3 is 0 Å². The van der Waals surface area contributed by atoms with Gasteiger partial charge in [0, 0.05) is 12.6 Å². The summed E-state index contributed by atoms with van der Waals surface area (Å²) in [5.74, 6) is 0.853. The van der Waals surface area contributed by atoms with Crippen molar-refractivity contribution in [1.29, 1.82) is 0 Å². The number of carbonyl (C=O) groups excluding carboxylic acids is 1. The molecule has 2 atom stereocenters. The predicted octanol–water partition coefficient (Wildman–Crippen LogP) is 3.42. The number of carbonyl (C=O) groups is 1. The van der Waals surface area contributed by atoms with E-state index in [0.29, 0.717) is 19.5 Å². The SMILES string of the molecule is O=C(C1CC(c2ccccc2)NN1)N(Cc1ccccc1)Cc1ccco1. The van der Waals surface area contributed by atoms with Crippen LogP contribution in [0.4, 0.5) is 0 Å². The molecule has 5 heteroatoms. The Labute approximate surface area is 159 Å². The second-order valence-corrected chi connectivity index (χ2v) is 6.80. The predicted molar refractivity (Wildman–Crippen MR) is 103 cm³/mol. The third-order valence-electron chi connectivity index (χ3n) is 4.86. The largest absolute Gasteiger partial charge is 0.467 e. The van der Waals surface area contributed by atoms with Crippen LogP contribution in [0.25, 0.3) is 0 Å². The van der Waals surface area contributed by atoms with Crippen LogP contribution in [-0.2, 0) is 17.9 Å². The van der Waals surface area contributed by atoms with E-state index in [-0.39, 0.29) is 18.0 Å². The van der Waals surface area contributed by atoms with Gasteiger partial charge in [0.2, 0.25) is 5.91 Å². The van der Waals surface area contributed by atoms with Crippen molar-refractivity contribution in [3.8, 4) is 0 Å². The fourth-order valence-electron chi connectivity index (χ4n) is 3.45. The minimum absolute atomic E-state index is 0.0705. The highest BCUT2D eigenvalue weighted by Gasteiger charge is 2.33. The van der Waals surface area contributed by atoms with E-state index in [2.05, 4.69) is 23.0 Å². The van der Waals surface area contributed by atoms with Gasteiger partial charge in [0.15, 0.2) is 0 Å². The van der Waals surface area contributed by atoms with Crippen LogP contribution in [0.5, 0.6) is 0 Å². The van der Waals surface area contributed by atoms with Crippen LogP contribution < -0.4 is 10.9 Å². The van der Waals surface area contributed by atoms with Crippen molar-refractivity contribution in [3.63, 3.8) is 0 Å². The maximum absolute atomic E-state index is 13.2. The summed E-state index contributed by atoms with van der Waals surface area (Å²) in [7, 11) is 0. The molecule has 0 radical (unpaired) electrons. The van der Waals surface area contributed by atoms with E-state index < -0.39 is 0 Å². The van der Waals surface area contributed by atoms with Gasteiger partial charge in [-0.3, -0.25) is 4.79 Å². The van der Waals surface area contributed by atoms with E-state index in [1.54, 1.807) is 6.26 Å². The molecule has 0 aliphatic carbocycles. The number of hydrazine groups is 1. The van der Waals surface area contributed by atoms with Gasteiger partial charge < -0.3 is 9.32 Å². The highest BCUT2D eigenvalue weighted by atomic mass is 16.3. The fraction of sp³-hybridized carbons (Fsp3) is 0.227. The Balaban J connectivity index is 1.48. The molecule has 0 bridgehead atoms. The second-order valence-electron chi connectivity index (χ2n) is 6.80. The number of hydrogen-bond acceptors (Lipinski definition) is 4. The molecular weight excluding hydrogens is 338 g/mol. The molecule has 138 valence electrons. The summed E-state index contributed by atoms with van der Waals surface area (Å²) in [6, 6.07) is 23.8. The number of furan rings is 1. The molecule has 27 heavy (non-hydrogen) atoms. The van der Waals surface area contributed by atoms with E-state index in [0.717, 1.165) is 11.3 Å². The normalized spacial score (nSPS) is 19.1. The summed E-state index contributed by atoms with van der Waals surface area (Å²) < 4.78 is 5.48. The molecule has 1 aliphatic rings. The first-order valence-electron chi connectivity index (χ1n) is 9.21. The zero-order valence-corrected chi connectivity index (χ0v) is 15.0. The number of nitrogens with one attached hydrogen (secondary N) is 2. The third-order valence-corrected chi connectivity index (χ3v) is 4.86. The Morgan fingerprint density at radius 2 is 1.67 bits per heavy atom. The first-order chi connectivity index (χ1) is 13.3. The molecule has 0 spiro atoms. The molecule has 1 aliphatic heterocycles. The molecule has 2 aromatic carbocycles. The summed E-state index contributed by atoms with van der Waals surface area (Å²) in [6.07, 6.45) is 2.35. The maximum Gasteiger partial charge on any atom is 0.241 e.